The largest absolute Gasteiger partial charge is 0.444 e. The van der Waals surface area contributed by atoms with Crippen LogP contribution >= 0.6 is 0 Å². The van der Waals surface area contributed by atoms with Crippen LogP contribution in [0.25, 0.3) is 16.6 Å². The monoisotopic (exact) mass is 432 g/mol. The molecule has 0 saturated heterocycles. The van der Waals surface area contributed by atoms with Gasteiger partial charge in [0.15, 0.2) is 0 Å². The Morgan fingerprint density at radius 1 is 1.30 bits per heavy atom. The summed E-state index contributed by atoms with van der Waals surface area (Å²) in [5.74, 6) is 0. The summed E-state index contributed by atoms with van der Waals surface area (Å²) in [5, 5.41) is 0. The first kappa shape index (κ1) is 22.3. The Balaban J connectivity index is 1.82. The third-order valence-electron chi connectivity index (χ3n) is 4.81. The van der Waals surface area contributed by atoms with Crippen LogP contribution in [0.3, 0.4) is 0 Å². The summed E-state index contributed by atoms with van der Waals surface area (Å²) in [6.45, 7) is 14.2. The number of aromatic nitrogens is 3. The molecule has 0 spiro atoms. The van der Waals surface area contributed by atoms with Gasteiger partial charge in [-0.3, -0.25) is 4.79 Å². The topological polar surface area (TPSA) is 89.5 Å². The molecule has 0 saturated carbocycles. The number of rotatable bonds is 6. The second kappa shape index (κ2) is 8.39. The molecule has 3 rings (SSSR count). The van der Waals surface area contributed by atoms with Crippen molar-refractivity contribution in [1.82, 2.24) is 19.4 Å². The highest BCUT2D eigenvalue weighted by molar-refractivity contribution is 6.76. The number of hydrogen-bond acceptors (Lipinski definition) is 5. The van der Waals surface area contributed by atoms with Gasteiger partial charge in [-0.15, -0.1) is 0 Å². The van der Waals surface area contributed by atoms with Gasteiger partial charge in [0.1, 0.15) is 17.8 Å². The van der Waals surface area contributed by atoms with Crippen molar-refractivity contribution in [3.63, 3.8) is 0 Å². The summed E-state index contributed by atoms with van der Waals surface area (Å²) in [7, 11) is -1.21. The summed E-state index contributed by atoms with van der Waals surface area (Å²) in [6.07, 6.45) is 3.05. The minimum absolute atomic E-state index is 0.206. The highest BCUT2D eigenvalue weighted by atomic mass is 28.3. The van der Waals surface area contributed by atoms with Gasteiger partial charge in [0.05, 0.1) is 24.1 Å². The second-order valence-electron chi connectivity index (χ2n) is 9.86. The van der Waals surface area contributed by atoms with Crippen LogP contribution < -0.4 is 5.56 Å². The van der Waals surface area contributed by atoms with E-state index >= 15 is 0 Å². The smallest absolute Gasteiger partial charge is 0.410 e. The van der Waals surface area contributed by atoms with Gasteiger partial charge in [-0.1, -0.05) is 25.7 Å². The number of aromatic amines is 1. The van der Waals surface area contributed by atoms with Gasteiger partial charge in [0.25, 0.3) is 5.56 Å². The van der Waals surface area contributed by atoms with Crippen LogP contribution in [0.1, 0.15) is 26.5 Å². The Bertz CT molecular complexity index is 1010. The molecule has 3 heterocycles. The van der Waals surface area contributed by atoms with E-state index in [0.717, 1.165) is 17.3 Å². The molecule has 1 N–H and O–H groups in total. The summed E-state index contributed by atoms with van der Waals surface area (Å²) < 4.78 is 13.3. The molecule has 30 heavy (non-hydrogen) atoms. The molecule has 2 aromatic heterocycles. The lowest BCUT2D eigenvalue weighted by molar-refractivity contribution is 0.0306. The fraction of sp³-hybridized carbons (Fsp3) is 0.571. The van der Waals surface area contributed by atoms with Crippen molar-refractivity contribution < 1.29 is 14.3 Å². The third kappa shape index (κ3) is 5.40. The normalized spacial score (nSPS) is 15.0. The Hall–Kier alpha value is -2.39. The number of carbonyl (C=O) groups excluding carboxylic acids is 1. The molecule has 164 valence electrons. The summed E-state index contributed by atoms with van der Waals surface area (Å²) >= 11 is 0. The lowest BCUT2D eigenvalue weighted by Gasteiger charge is -2.24. The maximum absolute atomic E-state index is 12.5. The van der Waals surface area contributed by atoms with Crippen LogP contribution in [0.4, 0.5) is 4.79 Å². The number of fused-ring (bicyclic) bond motifs is 1. The Morgan fingerprint density at radius 3 is 2.70 bits per heavy atom. The molecule has 0 fully saturated rings. The van der Waals surface area contributed by atoms with E-state index in [1.165, 1.54) is 6.33 Å². The van der Waals surface area contributed by atoms with E-state index in [2.05, 4.69) is 29.6 Å². The lowest BCUT2D eigenvalue weighted by atomic mass is 10.2. The minimum Gasteiger partial charge on any atom is -0.444 e. The van der Waals surface area contributed by atoms with Crippen LogP contribution in [-0.2, 0) is 16.2 Å². The Morgan fingerprint density at radius 2 is 2.03 bits per heavy atom. The predicted octanol–water partition coefficient (Wildman–Crippen LogP) is 3.67. The number of carbonyl (C=O) groups is 1. The molecule has 0 radical (unpaired) electrons. The van der Waals surface area contributed by atoms with Crippen molar-refractivity contribution in [2.45, 2.75) is 58.8 Å². The first-order valence-electron chi connectivity index (χ1n) is 10.3. The summed E-state index contributed by atoms with van der Waals surface area (Å²) in [6, 6.07) is 2.93. The van der Waals surface area contributed by atoms with Crippen molar-refractivity contribution in [2.75, 3.05) is 19.7 Å². The fourth-order valence-electron chi connectivity index (χ4n) is 3.24. The number of H-pyrrole nitrogens is 1. The standard InChI is InChI=1S/C21H32N4O4Si/c1-21(2,3)29-20(27)24-8-7-15(12-24)17-11-16-18(19(26)23-13-22-16)25(17)14-28-9-10-30(4,5)6/h7,11,13H,8-10,12,14H2,1-6H3,(H,22,23,26). The molecule has 0 aliphatic carbocycles. The Labute approximate surface area is 177 Å². The number of hydrogen-bond donors (Lipinski definition) is 1. The molecule has 0 atom stereocenters. The molecule has 1 aliphatic rings. The van der Waals surface area contributed by atoms with E-state index in [0.29, 0.717) is 30.7 Å². The summed E-state index contributed by atoms with van der Waals surface area (Å²) in [4.78, 5) is 33.5. The quantitative estimate of drug-likeness (QED) is 0.556. The number of ether oxygens (including phenoxy) is 2. The second-order valence-corrected chi connectivity index (χ2v) is 15.5. The molecule has 0 bridgehead atoms. The average Bonchev–Trinajstić information content (AvgIpc) is 3.22. The fourth-order valence-corrected chi connectivity index (χ4v) is 4.00. The number of nitrogens with zero attached hydrogens (tertiary/aromatic N) is 3. The molecule has 2 aromatic rings. The van der Waals surface area contributed by atoms with Gasteiger partial charge in [0, 0.05) is 21.2 Å². The molecule has 8 nitrogen and oxygen atoms in total. The van der Waals surface area contributed by atoms with E-state index in [-0.39, 0.29) is 18.4 Å². The highest BCUT2D eigenvalue weighted by Gasteiger charge is 2.27. The molecule has 1 aliphatic heterocycles. The van der Waals surface area contributed by atoms with Crippen LogP contribution in [0.15, 0.2) is 23.3 Å². The number of amides is 1. The molecule has 9 heteroatoms. The zero-order valence-corrected chi connectivity index (χ0v) is 19.7. The van der Waals surface area contributed by atoms with E-state index < -0.39 is 13.7 Å². The van der Waals surface area contributed by atoms with Crippen LogP contribution in [0.5, 0.6) is 0 Å². The molecule has 1 amide bonds. The summed E-state index contributed by atoms with van der Waals surface area (Å²) in [5.41, 5.74) is 2.13. The average molecular weight is 433 g/mol. The van der Waals surface area contributed by atoms with Crippen molar-refractivity contribution in [3.05, 3.63) is 34.5 Å². The van der Waals surface area contributed by atoms with Crippen molar-refractivity contribution in [1.29, 1.82) is 0 Å². The zero-order chi connectivity index (χ0) is 22.1. The molecular formula is C21H32N4O4Si. The van der Waals surface area contributed by atoms with Crippen molar-refractivity contribution in [2.24, 2.45) is 0 Å². The van der Waals surface area contributed by atoms with Crippen LogP contribution in [-0.4, -0.2) is 58.9 Å². The van der Waals surface area contributed by atoms with Gasteiger partial charge in [-0.05, 0) is 38.5 Å². The maximum atomic E-state index is 12.5. The van der Waals surface area contributed by atoms with Crippen LogP contribution in [0.2, 0.25) is 25.7 Å². The predicted molar refractivity (Wildman–Crippen MR) is 120 cm³/mol. The van der Waals surface area contributed by atoms with Gasteiger partial charge in [0.2, 0.25) is 0 Å². The van der Waals surface area contributed by atoms with Crippen molar-refractivity contribution >= 4 is 30.8 Å². The number of nitrogens with one attached hydrogen (secondary N) is 1. The van der Waals surface area contributed by atoms with E-state index in [1.807, 2.05) is 37.5 Å². The molecule has 0 aromatic carbocycles. The van der Waals surface area contributed by atoms with E-state index in [9.17, 15) is 9.59 Å². The first-order valence-corrected chi connectivity index (χ1v) is 14.0. The molecule has 0 unspecified atom stereocenters. The SMILES string of the molecule is CC(C)(C)OC(=O)N1CC=C(c2cc3nc[nH]c(=O)c3n2COCC[Si](C)(C)C)C1. The first-order chi connectivity index (χ1) is 13.9. The van der Waals surface area contributed by atoms with Gasteiger partial charge in [-0.25, -0.2) is 9.78 Å². The zero-order valence-electron chi connectivity index (χ0n) is 18.7. The maximum Gasteiger partial charge on any atom is 0.410 e. The van der Waals surface area contributed by atoms with Crippen LogP contribution in [0, 0.1) is 0 Å². The third-order valence-corrected chi connectivity index (χ3v) is 6.51. The van der Waals surface area contributed by atoms with Gasteiger partial charge >= 0.3 is 6.09 Å². The van der Waals surface area contributed by atoms with Gasteiger partial charge in [-0.2, -0.15) is 0 Å². The van der Waals surface area contributed by atoms with Gasteiger partial charge < -0.3 is 23.9 Å². The highest BCUT2D eigenvalue weighted by Crippen LogP contribution is 2.27. The van der Waals surface area contributed by atoms with E-state index in [4.69, 9.17) is 9.47 Å². The Kier molecular flexibility index (Phi) is 6.23. The molecular weight excluding hydrogens is 400 g/mol. The lowest BCUT2D eigenvalue weighted by Crippen LogP contribution is -2.35. The van der Waals surface area contributed by atoms with E-state index in [1.54, 1.807) is 4.90 Å². The minimum atomic E-state index is -1.21. The van der Waals surface area contributed by atoms with Crippen molar-refractivity contribution in [3.8, 4) is 0 Å².